The van der Waals surface area contributed by atoms with Crippen molar-refractivity contribution < 1.29 is 8.78 Å². The van der Waals surface area contributed by atoms with Gasteiger partial charge in [-0.05, 0) is 42.0 Å². The number of benzene rings is 2. The van der Waals surface area contributed by atoms with Crippen LogP contribution in [0.4, 0.5) is 20.2 Å². The van der Waals surface area contributed by atoms with Crippen molar-refractivity contribution in [1.82, 2.24) is 4.98 Å². The molecule has 1 aromatic heterocycles. The first-order valence-corrected chi connectivity index (χ1v) is 6.46. The molecular weight excluding hydrogens is 272 g/mol. The minimum absolute atomic E-state index is 0.354. The predicted octanol–water partition coefficient (Wildman–Crippen LogP) is 3.71. The molecule has 3 rings (SSSR count). The van der Waals surface area contributed by atoms with E-state index in [4.69, 9.17) is 5.73 Å². The van der Waals surface area contributed by atoms with Gasteiger partial charge in [-0.3, -0.25) is 4.98 Å². The van der Waals surface area contributed by atoms with E-state index in [1.165, 1.54) is 12.1 Å². The fraction of sp³-hybridized carbons (Fsp3) is 0.0625. The molecular formula is C16H13F2N3. The number of nitrogens with two attached hydrogens (primary N) is 1. The Morgan fingerprint density at radius 2 is 1.90 bits per heavy atom. The molecule has 1 heterocycles. The highest BCUT2D eigenvalue weighted by molar-refractivity contribution is 5.96. The van der Waals surface area contributed by atoms with Gasteiger partial charge in [-0.15, -0.1) is 0 Å². The first kappa shape index (κ1) is 13.3. The van der Waals surface area contributed by atoms with Crippen molar-refractivity contribution >= 4 is 22.3 Å². The number of halogens is 2. The topological polar surface area (TPSA) is 50.9 Å². The van der Waals surface area contributed by atoms with Crippen molar-refractivity contribution in [2.45, 2.75) is 6.54 Å². The molecule has 3 nitrogen and oxygen atoms in total. The molecule has 0 saturated heterocycles. The van der Waals surface area contributed by atoms with Gasteiger partial charge in [-0.1, -0.05) is 6.07 Å². The van der Waals surface area contributed by atoms with E-state index in [2.05, 4.69) is 10.3 Å². The summed E-state index contributed by atoms with van der Waals surface area (Å²) in [5.74, 6) is -1.71. The Bertz CT molecular complexity index is 803. The van der Waals surface area contributed by atoms with Gasteiger partial charge >= 0.3 is 0 Å². The SMILES string of the molecule is Nc1c(NCc2ccc(F)c(F)c2)ccc2ncccc12. The maximum absolute atomic E-state index is 13.2. The molecule has 0 unspecified atom stereocenters. The van der Waals surface area contributed by atoms with E-state index in [1.54, 1.807) is 6.20 Å². The largest absolute Gasteiger partial charge is 0.397 e. The standard InChI is InChI=1S/C16H13F2N3/c17-12-4-3-10(8-13(12)18)9-21-15-6-5-14-11(16(15)19)2-1-7-20-14/h1-8,21H,9,19H2. The Balaban J connectivity index is 1.85. The summed E-state index contributed by atoms with van der Waals surface area (Å²) < 4.78 is 26.0. The zero-order valence-electron chi connectivity index (χ0n) is 11.1. The number of nitrogens with zero attached hydrogens (tertiary/aromatic N) is 1. The van der Waals surface area contributed by atoms with Crippen molar-refractivity contribution in [2.24, 2.45) is 0 Å². The van der Waals surface area contributed by atoms with Crippen LogP contribution in [0.3, 0.4) is 0 Å². The zero-order valence-corrected chi connectivity index (χ0v) is 11.1. The highest BCUT2D eigenvalue weighted by Crippen LogP contribution is 2.27. The van der Waals surface area contributed by atoms with Gasteiger partial charge in [0.25, 0.3) is 0 Å². The molecule has 0 amide bonds. The van der Waals surface area contributed by atoms with Crippen molar-refractivity contribution in [2.75, 3.05) is 11.1 Å². The van der Waals surface area contributed by atoms with Crippen molar-refractivity contribution in [1.29, 1.82) is 0 Å². The molecule has 0 fully saturated rings. The van der Waals surface area contributed by atoms with E-state index in [1.807, 2.05) is 24.3 Å². The average Bonchev–Trinajstić information content (AvgIpc) is 2.50. The second kappa shape index (κ2) is 5.36. The second-order valence-corrected chi connectivity index (χ2v) is 4.70. The molecule has 0 aliphatic heterocycles. The van der Waals surface area contributed by atoms with Crippen LogP contribution in [0, 0.1) is 11.6 Å². The second-order valence-electron chi connectivity index (χ2n) is 4.70. The van der Waals surface area contributed by atoms with Crippen molar-refractivity contribution in [3.05, 3.63) is 65.9 Å². The molecule has 0 spiro atoms. The van der Waals surface area contributed by atoms with Gasteiger partial charge in [0.05, 0.1) is 16.9 Å². The van der Waals surface area contributed by atoms with E-state index in [-0.39, 0.29) is 0 Å². The fourth-order valence-electron chi connectivity index (χ4n) is 2.18. The number of nitrogens with one attached hydrogen (secondary N) is 1. The van der Waals surface area contributed by atoms with E-state index in [0.29, 0.717) is 17.8 Å². The molecule has 5 heteroatoms. The molecule has 0 saturated carbocycles. The van der Waals surface area contributed by atoms with Crippen molar-refractivity contribution in [3.8, 4) is 0 Å². The number of fused-ring (bicyclic) bond motifs is 1. The molecule has 3 aromatic rings. The normalized spacial score (nSPS) is 10.8. The van der Waals surface area contributed by atoms with Crippen LogP contribution < -0.4 is 11.1 Å². The Labute approximate surface area is 120 Å². The summed E-state index contributed by atoms with van der Waals surface area (Å²) in [7, 11) is 0. The molecule has 0 aliphatic rings. The molecule has 2 aromatic carbocycles. The van der Waals surface area contributed by atoms with Crippen LogP contribution in [0.5, 0.6) is 0 Å². The number of anilines is 2. The molecule has 21 heavy (non-hydrogen) atoms. The quantitative estimate of drug-likeness (QED) is 0.721. The third-order valence-corrected chi connectivity index (χ3v) is 3.29. The van der Waals surface area contributed by atoms with Crippen LogP contribution in [0.1, 0.15) is 5.56 Å². The Kier molecular flexibility index (Phi) is 3.39. The van der Waals surface area contributed by atoms with E-state index in [0.717, 1.165) is 22.7 Å². The number of pyridine rings is 1. The van der Waals surface area contributed by atoms with Gasteiger partial charge in [0.15, 0.2) is 11.6 Å². The molecule has 0 aliphatic carbocycles. The summed E-state index contributed by atoms with van der Waals surface area (Å²) in [6.07, 6.45) is 1.70. The number of rotatable bonds is 3. The maximum atomic E-state index is 13.2. The lowest BCUT2D eigenvalue weighted by Gasteiger charge is -2.11. The average molecular weight is 285 g/mol. The Hall–Kier alpha value is -2.69. The summed E-state index contributed by atoms with van der Waals surface area (Å²) >= 11 is 0. The minimum Gasteiger partial charge on any atom is -0.397 e. The number of hydrogen-bond acceptors (Lipinski definition) is 3. The first-order chi connectivity index (χ1) is 10.1. The fourth-order valence-corrected chi connectivity index (χ4v) is 2.18. The van der Waals surface area contributed by atoms with Crippen LogP contribution in [-0.2, 0) is 6.54 Å². The Morgan fingerprint density at radius 1 is 1.05 bits per heavy atom. The maximum Gasteiger partial charge on any atom is 0.159 e. The molecule has 0 atom stereocenters. The summed E-state index contributed by atoms with van der Waals surface area (Å²) in [6, 6.07) is 11.2. The highest BCUT2D eigenvalue weighted by Gasteiger charge is 2.06. The van der Waals surface area contributed by atoms with Gasteiger partial charge in [0.1, 0.15) is 0 Å². The predicted molar refractivity (Wildman–Crippen MR) is 79.8 cm³/mol. The summed E-state index contributed by atoms with van der Waals surface area (Å²) in [5.41, 5.74) is 8.87. The number of nitrogen functional groups attached to an aromatic ring is 1. The van der Waals surface area contributed by atoms with Gasteiger partial charge in [0, 0.05) is 18.1 Å². The van der Waals surface area contributed by atoms with Gasteiger partial charge in [-0.25, -0.2) is 8.78 Å². The Morgan fingerprint density at radius 3 is 2.71 bits per heavy atom. The molecule has 106 valence electrons. The highest BCUT2D eigenvalue weighted by atomic mass is 19.2. The smallest absolute Gasteiger partial charge is 0.159 e. The lowest BCUT2D eigenvalue weighted by molar-refractivity contribution is 0.507. The molecule has 3 N–H and O–H groups in total. The summed E-state index contributed by atoms with van der Waals surface area (Å²) in [4.78, 5) is 4.22. The zero-order chi connectivity index (χ0) is 14.8. The summed E-state index contributed by atoms with van der Waals surface area (Å²) in [6.45, 7) is 0.354. The number of hydrogen-bond donors (Lipinski definition) is 2. The third kappa shape index (κ3) is 2.63. The van der Waals surface area contributed by atoms with Crippen LogP contribution in [0.25, 0.3) is 10.9 Å². The van der Waals surface area contributed by atoms with Crippen LogP contribution in [0.2, 0.25) is 0 Å². The minimum atomic E-state index is -0.856. The third-order valence-electron chi connectivity index (χ3n) is 3.29. The lowest BCUT2D eigenvalue weighted by Crippen LogP contribution is -2.03. The lowest BCUT2D eigenvalue weighted by atomic mass is 10.1. The van der Waals surface area contributed by atoms with Gasteiger partial charge in [0.2, 0.25) is 0 Å². The first-order valence-electron chi connectivity index (χ1n) is 6.46. The van der Waals surface area contributed by atoms with Gasteiger partial charge in [-0.2, -0.15) is 0 Å². The van der Waals surface area contributed by atoms with Crippen LogP contribution >= 0.6 is 0 Å². The number of aromatic nitrogens is 1. The van der Waals surface area contributed by atoms with E-state index >= 15 is 0 Å². The summed E-state index contributed by atoms with van der Waals surface area (Å²) in [5, 5.41) is 3.98. The van der Waals surface area contributed by atoms with Gasteiger partial charge < -0.3 is 11.1 Å². The molecule has 0 bridgehead atoms. The van der Waals surface area contributed by atoms with Crippen LogP contribution in [0.15, 0.2) is 48.7 Å². The van der Waals surface area contributed by atoms with Crippen LogP contribution in [-0.4, -0.2) is 4.98 Å². The van der Waals surface area contributed by atoms with E-state index < -0.39 is 11.6 Å². The van der Waals surface area contributed by atoms with E-state index in [9.17, 15) is 8.78 Å². The monoisotopic (exact) mass is 285 g/mol. The van der Waals surface area contributed by atoms with Crippen molar-refractivity contribution in [3.63, 3.8) is 0 Å². The molecule has 0 radical (unpaired) electrons.